The van der Waals surface area contributed by atoms with Gasteiger partial charge in [0.25, 0.3) is 11.5 Å². The molecule has 0 aromatic carbocycles. The average molecular weight is 293 g/mol. The maximum absolute atomic E-state index is 12.0. The van der Waals surface area contributed by atoms with Crippen LogP contribution >= 0.6 is 11.5 Å². The minimum Gasteiger partial charge on any atom is -0.302 e. The van der Waals surface area contributed by atoms with E-state index in [-0.39, 0.29) is 16.7 Å². The summed E-state index contributed by atoms with van der Waals surface area (Å²) in [6, 6.07) is 1.18. The minimum atomic E-state index is -0.473. The molecule has 0 unspecified atom stereocenters. The van der Waals surface area contributed by atoms with Crippen LogP contribution in [0.3, 0.4) is 0 Å². The first-order valence-corrected chi connectivity index (χ1v) is 6.73. The predicted octanol–water partition coefficient (Wildman–Crippen LogP) is 1.18. The fourth-order valence-corrected chi connectivity index (χ4v) is 2.08. The Morgan fingerprint density at radius 1 is 1.40 bits per heavy atom. The summed E-state index contributed by atoms with van der Waals surface area (Å²) in [5.74, 6) is 0.189. The third-order valence-electron chi connectivity index (χ3n) is 2.53. The van der Waals surface area contributed by atoms with E-state index >= 15 is 0 Å². The SMILES string of the molecule is Cn1cnc(C(=O)Nc2nc(C(C)(C)C)ns2)cc1=O. The second kappa shape index (κ2) is 5.12. The van der Waals surface area contributed by atoms with Crippen molar-refractivity contribution in [1.82, 2.24) is 18.9 Å². The van der Waals surface area contributed by atoms with E-state index in [0.29, 0.717) is 11.0 Å². The van der Waals surface area contributed by atoms with Gasteiger partial charge in [-0.25, -0.2) is 9.97 Å². The highest BCUT2D eigenvalue weighted by atomic mass is 32.1. The van der Waals surface area contributed by atoms with Crippen LogP contribution in [0, 0.1) is 0 Å². The van der Waals surface area contributed by atoms with Gasteiger partial charge >= 0.3 is 0 Å². The van der Waals surface area contributed by atoms with Gasteiger partial charge in [-0.1, -0.05) is 20.8 Å². The average Bonchev–Trinajstić information content (AvgIpc) is 2.81. The van der Waals surface area contributed by atoms with Gasteiger partial charge in [0.15, 0.2) is 0 Å². The lowest BCUT2D eigenvalue weighted by Gasteiger charge is -2.12. The van der Waals surface area contributed by atoms with Crippen LogP contribution in [0.4, 0.5) is 5.13 Å². The molecule has 0 fully saturated rings. The number of aryl methyl sites for hydroxylation is 1. The van der Waals surface area contributed by atoms with Crippen molar-refractivity contribution >= 4 is 22.6 Å². The fraction of sp³-hybridized carbons (Fsp3) is 0.417. The Bertz CT molecular complexity index is 698. The third kappa shape index (κ3) is 3.08. The highest BCUT2D eigenvalue weighted by Crippen LogP contribution is 2.22. The van der Waals surface area contributed by atoms with Crippen LogP contribution in [-0.2, 0) is 12.5 Å². The monoisotopic (exact) mass is 293 g/mol. The second-order valence-electron chi connectivity index (χ2n) is 5.35. The molecule has 20 heavy (non-hydrogen) atoms. The third-order valence-corrected chi connectivity index (χ3v) is 3.16. The van der Waals surface area contributed by atoms with Crippen LogP contribution in [0.5, 0.6) is 0 Å². The number of nitrogens with zero attached hydrogens (tertiary/aromatic N) is 4. The Morgan fingerprint density at radius 2 is 2.10 bits per heavy atom. The highest BCUT2D eigenvalue weighted by molar-refractivity contribution is 7.09. The normalized spacial score (nSPS) is 11.4. The molecule has 8 heteroatoms. The van der Waals surface area contributed by atoms with E-state index in [0.717, 1.165) is 11.5 Å². The van der Waals surface area contributed by atoms with Crippen molar-refractivity contribution in [2.45, 2.75) is 26.2 Å². The van der Waals surface area contributed by atoms with E-state index < -0.39 is 5.91 Å². The standard InChI is InChI=1S/C12H15N5O2S/c1-12(2,3)10-15-11(20-16-10)14-9(19)7-5-8(18)17(4)6-13-7/h5-6H,1-4H3,(H,14,15,16,19). The summed E-state index contributed by atoms with van der Waals surface area (Å²) >= 11 is 1.10. The molecule has 0 spiro atoms. The summed E-state index contributed by atoms with van der Waals surface area (Å²) in [7, 11) is 1.57. The molecule has 1 amide bonds. The van der Waals surface area contributed by atoms with Crippen molar-refractivity contribution in [2.75, 3.05) is 5.32 Å². The highest BCUT2D eigenvalue weighted by Gasteiger charge is 2.20. The molecular weight excluding hydrogens is 278 g/mol. The zero-order valence-corrected chi connectivity index (χ0v) is 12.5. The number of amides is 1. The lowest BCUT2D eigenvalue weighted by atomic mass is 9.96. The topological polar surface area (TPSA) is 89.8 Å². The van der Waals surface area contributed by atoms with Crippen molar-refractivity contribution in [3.63, 3.8) is 0 Å². The van der Waals surface area contributed by atoms with Gasteiger partial charge in [0, 0.05) is 30.1 Å². The van der Waals surface area contributed by atoms with Crippen molar-refractivity contribution in [3.05, 3.63) is 34.3 Å². The van der Waals surface area contributed by atoms with Gasteiger partial charge < -0.3 is 4.57 Å². The van der Waals surface area contributed by atoms with Gasteiger partial charge in [0.2, 0.25) is 5.13 Å². The Morgan fingerprint density at radius 3 is 2.65 bits per heavy atom. The van der Waals surface area contributed by atoms with E-state index in [9.17, 15) is 9.59 Å². The molecule has 2 aromatic heterocycles. The molecule has 2 rings (SSSR count). The Balaban J connectivity index is 2.17. The number of aromatic nitrogens is 4. The Kier molecular flexibility index (Phi) is 3.67. The van der Waals surface area contributed by atoms with E-state index in [1.165, 1.54) is 17.0 Å². The fourth-order valence-electron chi connectivity index (χ4n) is 1.33. The van der Waals surface area contributed by atoms with E-state index in [4.69, 9.17) is 0 Å². The number of carbonyl (C=O) groups is 1. The summed E-state index contributed by atoms with van der Waals surface area (Å²) in [5.41, 5.74) is -0.418. The predicted molar refractivity (Wildman–Crippen MR) is 76.0 cm³/mol. The van der Waals surface area contributed by atoms with Crippen LogP contribution in [0.15, 0.2) is 17.2 Å². The molecule has 7 nitrogen and oxygen atoms in total. The smallest absolute Gasteiger partial charge is 0.276 e. The summed E-state index contributed by atoms with van der Waals surface area (Å²) in [5, 5.41) is 2.98. The molecule has 0 saturated carbocycles. The van der Waals surface area contributed by atoms with Gasteiger partial charge in [-0.2, -0.15) is 4.37 Å². The number of hydrogen-bond donors (Lipinski definition) is 1. The maximum atomic E-state index is 12.0. The lowest BCUT2D eigenvalue weighted by molar-refractivity contribution is 0.102. The first-order valence-electron chi connectivity index (χ1n) is 5.95. The molecular formula is C12H15N5O2S. The molecule has 0 aliphatic heterocycles. The van der Waals surface area contributed by atoms with E-state index in [1.54, 1.807) is 7.05 Å². The van der Waals surface area contributed by atoms with Crippen molar-refractivity contribution in [2.24, 2.45) is 7.05 Å². The number of carbonyl (C=O) groups excluding carboxylic acids is 1. The molecule has 0 atom stereocenters. The van der Waals surface area contributed by atoms with Crippen molar-refractivity contribution in [1.29, 1.82) is 0 Å². The zero-order valence-electron chi connectivity index (χ0n) is 11.7. The van der Waals surface area contributed by atoms with Crippen LogP contribution in [0.1, 0.15) is 37.1 Å². The molecule has 2 heterocycles. The summed E-state index contributed by atoms with van der Waals surface area (Å²) in [4.78, 5) is 31.6. The molecule has 0 aliphatic carbocycles. The number of hydrogen-bond acceptors (Lipinski definition) is 6. The molecule has 0 saturated heterocycles. The first-order chi connectivity index (χ1) is 9.27. The number of rotatable bonds is 2. The molecule has 1 N–H and O–H groups in total. The van der Waals surface area contributed by atoms with Crippen LogP contribution in [-0.4, -0.2) is 24.8 Å². The van der Waals surface area contributed by atoms with Gasteiger partial charge in [-0.3, -0.25) is 14.9 Å². The Labute approximate surface area is 119 Å². The summed E-state index contributed by atoms with van der Waals surface area (Å²) in [6.07, 6.45) is 1.30. The van der Waals surface area contributed by atoms with Gasteiger partial charge in [0.05, 0.1) is 6.33 Å². The summed E-state index contributed by atoms with van der Waals surface area (Å²) < 4.78 is 5.49. The zero-order chi connectivity index (χ0) is 14.9. The lowest BCUT2D eigenvalue weighted by Crippen LogP contribution is -2.22. The minimum absolute atomic E-state index is 0.0561. The van der Waals surface area contributed by atoms with E-state index in [1.807, 2.05) is 20.8 Å². The molecule has 0 aliphatic rings. The number of anilines is 1. The van der Waals surface area contributed by atoms with Crippen molar-refractivity contribution < 1.29 is 4.79 Å². The quantitative estimate of drug-likeness (QED) is 0.898. The van der Waals surface area contributed by atoms with Crippen molar-refractivity contribution in [3.8, 4) is 0 Å². The first kappa shape index (κ1) is 14.3. The van der Waals surface area contributed by atoms with Gasteiger partial charge in [-0.05, 0) is 0 Å². The number of nitrogens with one attached hydrogen (secondary N) is 1. The second-order valence-corrected chi connectivity index (χ2v) is 6.10. The largest absolute Gasteiger partial charge is 0.302 e. The molecule has 106 valence electrons. The summed E-state index contributed by atoms with van der Waals surface area (Å²) in [6.45, 7) is 5.97. The van der Waals surface area contributed by atoms with Gasteiger partial charge in [-0.15, -0.1) is 0 Å². The Hall–Kier alpha value is -2.09. The molecule has 2 aromatic rings. The van der Waals surface area contributed by atoms with E-state index in [2.05, 4.69) is 19.7 Å². The van der Waals surface area contributed by atoms with Crippen LogP contribution in [0.25, 0.3) is 0 Å². The molecule has 0 bridgehead atoms. The molecule has 0 radical (unpaired) electrons. The maximum Gasteiger partial charge on any atom is 0.276 e. The van der Waals surface area contributed by atoms with Crippen LogP contribution in [0.2, 0.25) is 0 Å². The van der Waals surface area contributed by atoms with Gasteiger partial charge in [0.1, 0.15) is 11.5 Å². The van der Waals surface area contributed by atoms with Crippen LogP contribution < -0.4 is 10.9 Å².